The quantitative estimate of drug-likeness (QED) is 0.940. The van der Waals surface area contributed by atoms with Gasteiger partial charge < -0.3 is 9.94 Å². The second kappa shape index (κ2) is 5.33. The van der Waals surface area contributed by atoms with Crippen molar-refractivity contribution >= 4 is 17.6 Å². The van der Waals surface area contributed by atoms with Crippen LogP contribution < -0.4 is 4.84 Å². The molecule has 0 aliphatic rings. The highest BCUT2D eigenvalue weighted by molar-refractivity contribution is 6.30. The molecule has 0 aliphatic carbocycles. The molecule has 0 aliphatic heterocycles. The number of rotatable bonds is 3. The number of benzene rings is 1. The van der Waals surface area contributed by atoms with Crippen LogP contribution in [-0.4, -0.2) is 22.9 Å². The Bertz CT molecular complexity index is 677. The number of carboxylic acid groups (broad SMARTS) is 1. The lowest BCUT2D eigenvalue weighted by molar-refractivity contribution is -0.150. The largest absolute Gasteiger partial charge is 0.478 e. The van der Waals surface area contributed by atoms with Gasteiger partial charge in [-0.1, -0.05) is 23.7 Å². The Hall–Kier alpha value is -2.15. The number of alkyl halides is 3. The maximum Gasteiger partial charge on any atom is 0.435 e. The molecule has 21 heavy (non-hydrogen) atoms. The molecule has 8 heteroatoms. The van der Waals surface area contributed by atoms with E-state index in [9.17, 15) is 18.0 Å². The molecule has 0 spiro atoms. The van der Waals surface area contributed by atoms with Gasteiger partial charge in [-0.05, 0) is 18.2 Å². The molecule has 0 fully saturated rings. The molecule has 0 saturated carbocycles. The number of carbonyl (C=O) groups is 1. The third kappa shape index (κ3) is 2.82. The van der Waals surface area contributed by atoms with E-state index in [-0.39, 0.29) is 5.69 Å². The summed E-state index contributed by atoms with van der Waals surface area (Å²) in [5.74, 6) is -1.69. The minimum absolute atomic E-state index is 0.0288. The molecule has 1 aromatic heterocycles. The van der Waals surface area contributed by atoms with E-state index in [1.165, 1.54) is 24.3 Å². The van der Waals surface area contributed by atoms with Gasteiger partial charge >= 0.3 is 12.1 Å². The Morgan fingerprint density at radius 3 is 2.29 bits per heavy atom. The van der Waals surface area contributed by atoms with Gasteiger partial charge in [0.15, 0.2) is 5.69 Å². The van der Waals surface area contributed by atoms with E-state index in [1.54, 1.807) is 0 Å². The summed E-state index contributed by atoms with van der Waals surface area (Å²) in [5, 5.41) is 9.37. The summed E-state index contributed by atoms with van der Waals surface area (Å²) in [6.07, 6.45) is -4.87. The number of halogens is 4. The molecule has 0 radical (unpaired) electrons. The van der Waals surface area contributed by atoms with Crippen molar-refractivity contribution < 1.29 is 27.9 Å². The fourth-order valence-electron chi connectivity index (χ4n) is 1.94. The van der Waals surface area contributed by atoms with Crippen molar-refractivity contribution in [3.63, 3.8) is 0 Å². The Kier molecular flexibility index (Phi) is 3.87. The van der Waals surface area contributed by atoms with Gasteiger partial charge in [0.25, 0.3) is 0 Å². The van der Waals surface area contributed by atoms with Crippen LogP contribution in [0.4, 0.5) is 13.2 Å². The van der Waals surface area contributed by atoms with E-state index in [1.807, 2.05) is 0 Å². The summed E-state index contributed by atoms with van der Waals surface area (Å²) >= 11 is 5.72. The first-order valence-electron chi connectivity index (χ1n) is 5.62. The Labute approximate surface area is 122 Å². The molecule has 0 atom stereocenters. The zero-order valence-electron chi connectivity index (χ0n) is 10.6. The highest BCUT2D eigenvalue weighted by Gasteiger charge is 2.41. The molecule has 0 bridgehead atoms. The summed E-state index contributed by atoms with van der Waals surface area (Å²) < 4.78 is 39.6. The lowest BCUT2D eigenvalue weighted by Gasteiger charge is -2.14. The maximum atomic E-state index is 13.1. The SMILES string of the molecule is COn1c(-c2ccc(Cl)cc2)cc(C(=O)O)c1C(F)(F)F. The van der Waals surface area contributed by atoms with Gasteiger partial charge in [-0.15, -0.1) is 0 Å². The van der Waals surface area contributed by atoms with Crippen molar-refractivity contribution in [2.75, 3.05) is 7.11 Å². The van der Waals surface area contributed by atoms with Crippen LogP contribution in [0.3, 0.4) is 0 Å². The molecule has 2 aromatic rings. The van der Waals surface area contributed by atoms with Crippen LogP contribution >= 0.6 is 11.6 Å². The topological polar surface area (TPSA) is 51.5 Å². The number of aromatic carboxylic acids is 1. The van der Waals surface area contributed by atoms with Crippen molar-refractivity contribution in [2.45, 2.75) is 6.18 Å². The third-order valence-corrected chi connectivity index (χ3v) is 3.03. The van der Waals surface area contributed by atoms with E-state index in [2.05, 4.69) is 0 Å². The van der Waals surface area contributed by atoms with Gasteiger partial charge in [-0.3, -0.25) is 0 Å². The summed E-state index contributed by atoms with van der Waals surface area (Å²) in [4.78, 5) is 15.8. The molecule has 0 saturated heterocycles. The minimum atomic E-state index is -4.87. The average molecular weight is 320 g/mol. The molecule has 1 heterocycles. The fraction of sp³-hybridized carbons (Fsp3) is 0.154. The van der Waals surface area contributed by atoms with Crippen LogP contribution in [0.2, 0.25) is 5.02 Å². The second-order valence-electron chi connectivity index (χ2n) is 4.08. The van der Waals surface area contributed by atoms with E-state index >= 15 is 0 Å². The highest BCUT2D eigenvalue weighted by atomic mass is 35.5. The molecule has 0 amide bonds. The number of hydrogen-bond acceptors (Lipinski definition) is 2. The number of nitrogens with zero attached hydrogens (tertiary/aromatic N) is 1. The van der Waals surface area contributed by atoms with Crippen LogP contribution in [0.25, 0.3) is 11.3 Å². The van der Waals surface area contributed by atoms with Gasteiger partial charge in [0.05, 0.1) is 11.3 Å². The summed E-state index contributed by atoms with van der Waals surface area (Å²) in [6.45, 7) is 0. The lowest BCUT2D eigenvalue weighted by atomic mass is 10.1. The van der Waals surface area contributed by atoms with Gasteiger partial charge in [0.1, 0.15) is 7.11 Å². The van der Waals surface area contributed by atoms with Crippen molar-refractivity contribution in [3.05, 3.63) is 46.6 Å². The highest BCUT2D eigenvalue weighted by Crippen LogP contribution is 2.37. The predicted octanol–water partition coefficient (Wildman–Crippen LogP) is 3.58. The van der Waals surface area contributed by atoms with Gasteiger partial charge in [-0.2, -0.15) is 17.9 Å². The van der Waals surface area contributed by atoms with Gasteiger partial charge in [-0.25, -0.2) is 4.79 Å². The van der Waals surface area contributed by atoms with Crippen molar-refractivity contribution in [2.24, 2.45) is 0 Å². The zero-order valence-corrected chi connectivity index (χ0v) is 11.4. The normalized spacial score (nSPS) is 11.5. The summed E-state index contributed by atoms with van der Waals surface area (Å²) in [6, 6.07) is 6.82. The summed E-state index contributed by atoms with van der Waals surface area (Å²) in [7, 11) is 1.03. The van der Waals surface area contributed by atoms with Crippen molar-refractivity contribution in [1.29, 1.82) is 0 Å². The third-order valence-electron chi connectivity index (χ3n) is 2.78. The van der Waals surface area contributed by atoms with E-state index in [4.69, 9.17) is 21.5 Å². The smallest absolute Gasteiger partial charge is 0.435 e. The Morgan fingerprint density at radius 1 is 1.29 bits per heavy atom. The van der Waals surface area contributed by atoms with E-state index in [0.717, 1.165) is 13.2 Å². The van der Waals surface area contributed by atoms with Crippen molar-refractivity contribution in [1.82, 2.24) is 4.73 Å². The monoisotopic (exact) mass is 319 g/mol. The minimum Gasteiger partial charge on any atom is -0.478 e. The van der Waals surface area contributed by atoms with Crippen molar-refractivity contribution in [3.8, 4) is 11.3 Å². The summed E-state index contributed by atoms with van der Waals surface area (Å²) in [5.41, 5.74) is -1.94. The molecular weight excluding hydrogens is 311 g/mol. The molecule has 2 rings (SSSR count). The maximum absolute atomic E-state index is 13.1. The van der Waals surface area contributed by atoms with Crippen LogP contribution in [0, 0.1) is 0 Å². The average Bonchev–Trinajstić information content (AvgIpc) is 2.79. The Morgan fingerprint density at radius 2 is 1.86 bits per heavy atom. The molecule has 112 valence electrons. The zero-order chi connectivity index (χ0) is 15.8. The number of hydrogen-bond donors (Lipinski definition) is 1. The molecule has 1 N–H and O–H groups in total. The molecule has 1 aromatic carbocycles. The van der Waals surface area contributed by atoms with E-state index in [0.29, 0.717) is 15.3 Å². The molecule has 4 nitrogen and oxygen atoms in total. The van der Waals surface area contributed by atoms with Crippen LogP contribution in [0.5, 0.6) is 0 Å². The predicted molar refractivity (Wildman–Crippen MR) is 69.3 cm³/mol. The van der Waals surface area contributed by atoms with Crippen LogP contribution in [0.1, 0.15) is 16.1 Å². The molecule has 0 unspecified atom stereocenters. The first kappa shape index (κ1) is 15.2. The fourth-order valence-corrected chi connectivity index (χ4v) is 2.06. The van der Waals surface area contributed by atoms with E-state index < -0.39 is 23.4 Å². The van der Waals surface area contributed by atoms with Crippen LogP contribution in [0.15, 0.2) is 30.3 Å². The second-order valence-corrected chi connectivity index (χ2v) is 4.52. The van der Waals surface area contributed by atoms with Gasteiger partial charge in [0.2, 0.25) is 0 Å². The first-order valence-corrected chi connectivity index (χ1v) is 6.00. The molecular formula is C13H9ClF3NO3. The first-order chi connectivity index (χ1) is 9.75. The Balaban J connectivity index is 2.73. The lowest BCUT2D eigenvalue weighted by Crippen LogP contribution is -2.21. The standard InChI is InChI=1S/C13H9ClF3NO3/c1-21-18-10(7-2-4-8(14)5-3-7)6-9(12(19)20)11(18)13(15,16)17/h2-6H,1H3,(H,19,20). The van der Waals surface area contributed by atoms with Gasteiger partial charge in [0, 0.05) is 10.6 Å². The van der Waals surface area contributed by atoms with Crippen LogP contribution in [-0.2, 0) is 6.18 Å². The number of carboxylic acids is 1. The number of aromatic nitrogens is 1.